The molecule has 92 valence electrons. The first-order valence-electron chi connectivity index (χ1n) is 5.39. The Kier molecular flexibility index (Phi) is 3.63. The highest BCUT2D eigenvalue weighted by atomic mass is 35.5. The lowest BCUT2D eigenvalue weighted by molar-refractivity contribution is 0.102. The van der Waals surface area contributed by atoms with Crippen molar-refractivity contribution < 1.29 is 9.18 Å². The number of hydrogen-bond donors (Lipinski definition) is 1. The van der Waals surface area contributed by atoms with E-state index in [1.165, 1.54) is 6.07 Å². The number of hydrogen-bond acceptors (Lipinski definition) is 1. The van der Waals surface area contributed by atoms with Gasteiger partial charge in [0.1, 0.15) is 5.82 Å². The van der Waals surface area contributed by atoms with E-state index in [9.17, 15) is 9.18 Å². The van der Waals surface area contributed by atoms with Crippen molar-refractivity contribution in [3.05, 3.63) is 64.4 Å². The zero-order valence-electron chi connectivity index (χ0n) is 9.71. The summed E-state index contributed by atoms with van der Waals surface area (Å²) in [5.41, 5.74) is 1.39. The van der Waals surface area contributed by atoms with Crippen molar-refractivity contribution in [2.75, 3.05) is 5.32 Å². The van der Waals surface area contributed by atoms with E-state index in [0.717, 1.165) is 0 Å². The second-order valence-corrected chi connectivity index (χ2v) is 4.36. The van der Waals surface area contributed by atoms with Crippen molar-refractivity contribution in [3.63, 3.8) is 0 Å². The van der Waals surface area contributed by atoms with Crippen LogP contribution < -0.4 is 5.32 Å². The van der Waals surface area contributed by atoms with Crippen molar-refractivity contribution in [3.8, 4) is 0 Å². The molecule has 0 aliphatic rings. The molecule has 2 aromatic rings. The van der Waals surface area contributed by atoms with Crippen LogP contribution in [0.2, 0.25) is 5.02 Å². The molecule has 0 radical (unpaired) electrons. The number of nitrogens with one attached hydrogen (secondary N) is 1. The number of halogens is 2. The van der Waals surface area contributed by atoms with Gasteiger partial charge in [-0.1, -0.05) is 23.7 Å². The van der Waals surface area contributed by atoms with Gasteiger partial charge in [0.2, 0.25) is 0 Å². The number of carbonyl (C=O) groups excluding carboxylic acids is 1. The summed E-state index contributed by atoms with van der Waals surface area (Å²) >= 11 is 5.80. The third kappa shape index (κ3) is 2.87. The average molecular weight is 264 g/mol. The second kappa shape index (κ2) is 5.19. The monoisotopic (exact) mass is 263 g/mol. The Morgan fingerprint density at radius 1 is 1.22 bits per heavy atom. The Bertz CT molecular complexity index is 598. The number of rotatable bonds is 2. The molecule has 0 unspecified atom stereocenters. The van der Waals surface area contributed by atoms with Crippen LogP contribution in [0.5, 0.6) is 0 Å². The summed E-state index contributed by atoms with van der Waals surface area (Å²) in [6.45, 7) is 1.66. The fraction of sp³-hybridized carbons (Fsp3) is 0.0714. The van der Waals surface area contributed by atoms with Gasteiger partial charge in [0.05, 0.1) is 0 Å². The number of amides is 1. The summed E-state index contributed by atoms with van der Waals surface area (Å²) in [7, 11) is 0. The molecule has 0 saturated heterocycles. The minimum atomic E-state index is -0.348. The second-order valence-electron chi connectivity index (χ2n) is 3.93. The molecule has 0 spiro atoms. The van der Waals surface area contributed by atoms with Gasteiger partial charge in [0.15, 0.2) is 0 Å². The Balaban J connectivity index is 2.18. The van der Waals surface area contributed by atoms with Crippen LogP contribution in [0, 0.1) is 12.7 Å². The van der Waals surface area contributed by atoms with Crippen LogP contribution in [0.15, 0.2) is 42.5 Å². The predicted octanol–water partition coefficient (Wildman–Crippen LogP) is 4.04. The van der Waals surface area contributed by atoms with E-state index < -0.39 is 0 Å². The van der Waals surface area contributed by atoms with Crippen molar-refractivity contribution >= 4 is 23.2 Å². The Labute approximate surface area is 109 Å². The molecule has 1 amide bonds. The maximum Gasteiger partial charge on any atom is 0.255 e. The lowest BCUT2D eigenvalue weighted by Gasteiger charge is -2.06. The first-order valence-corrected chi connectivity index (χ1v) is 5.77. The van der Waals surface area contributed by atoms with Gasteiger partial charge in [-0.3, -0.25) is 4.79 Å². The molecular weight excluding hydrogens is 253 g/mol. The summed E-state index contributed by atoms with van der Waals surface area (Å²) in [4.78, 5) is 11.9. The molecule has 0 saturated carbocycles. The largest absolute Gasteiger partial charge is 0.322 e. The van der Waals surface area contributed by atoms with Crippen LogP contribution in [-0.2, 0) is 0 Å². The third-order valence-corrected chi connectivity index (χ3v) is 2.75. The van der Waals surface area contributed by atoms with Crippen LogP contribution in [0.25, 0.3) is 0 Å². The van der Waals surface area contributed by atoms with Gasteiger partial charge in [-0.2, -0.15) is 0 Å². The van der Waals surface area contributed by atoms with Crippen LogP contribution in [0.1, 0.15) is 15.9 Å². The molecule has 0 aromatic heterocycles. The maximum atomic E-state index is 13.3. The minimum Gasteiger partial charge on any atom is -0.322 e. The van der Waals surface area contributed by atoms with Crippen molar-refractivity contribution in [2.45, 2.75) is 6.92 Å². The normalized spacial score (nSPS) is 10.2. The lowest BCUT2D eigenvalue weighted by Crippen LogP contribution is -2.11. The molecule has 2 nitrogen and oxygen atoms in total. The zero-order valence-corrected chi connectivity index (χ0v) is 10.5. The molecule has 0 heterocycles. The van der Waals surface area contributed by atoms with Gasteiger partial charge in [0.25, 0.3) is 5.91 Å². The van der Waals surface area contributed by atoms with Crippen LogP contribution in [-0.4, -0.2) is 5.91 Å². The Hall–Kier alpha value is -1.87. The predicted molar refractivity (Wildman–Crippen MR) is 70.5 cm³/mol. The van der Waals surface area contributed by atoms with Crippen molar-refractivity contribution in [2.24, 2.45) is 0 Å². The van der Waals surface area contributed by atoms with Crippen LogP contribution in [0.4, 0.5) is 10.1 Å². The summed E-state index contributed by atoms with van der Waals surface area (Å²) < 4.78 is 13.3. The van der Waals surface area contributed by atoms with E-state index in [1.54, 1.807) is 43.3 Å². The summed E-state index contributed by atoms with van der Waals surface area (Å²) in [6, 6.07) is 11.1. The van der Waals surface area contributed by atoms with Gasteiger partial charge in [-0.15, -0.1) is 0 Å². The Morgan fingerprint density at radius 3 is 2.67 bits per heavy atom. The quantitative estimate of drug-likeness (QED) is 0.870. The molecule has 0 atom stereocenters. The molecule has 0 aliphatic carbocycles. The van der Waals surface area contributed by atoms with Crippen LogP contribution in [0.3, 0.4) is 0 Å². The van der Waals surface area contributed by atoms with E-state index in [4.69, 9.17) is 11.6 Å². The summed E-state index contributed by atoms with van der Waals surface area (Å²) in [5, 5.41) is 3.10. The molecule has 2 aromatic carbocycles. The van der Waals surface area contributed by atoms with Crippen molar-refractivity contribution in [1.29, 1.82) is 0 Å². The smallest absolute Gasteiger partial charge is 0.255 e. The molecule has 0 aliphatic heterocycles. The molecule has 2 rings (SSSR count). The fourth-order valence-corrected chi connectivity index (χ4v) is 1.69. The van der Waals surface area contributed by atoms with E-state index >= 15 is 0 Å². The SMILES string of the molecule is Cc1ccc(NC(=O)c2cccc(Cl)c2)cc1F. The first-order chi connectivity index (χ1) is 8.56. The third-order valence-electron chi connectivity index (χ3n) is 2.52. The van der Waals surface area contributed by atoms with Gasteiger partial charge in [-0.25, -0.2) is 4.39 Å². The average Bonchev–Trinajstić information content (AvgIpc) is 2.34. The highest BCUT2D eigenvalue weighted by molar-refractivity contribution is 6.31. The Morgan fingerprint density at radius 2 is 2.00 bits per heavy atom. The molecule has 4 heteroatoms. The lowest BCUT2D eigenvalue weighted by atomic mass is 10.2. The van der Waals surface area contributed by atoms with Gasteiger partial charge >= 0.3 is 0 Å². The molecular formula is C14H11ClFNO. The molecule has 0 fully saturated rings. The van der Waals surface area contributed by atoms with Crippen molar-refractivity contribution in [1.82, 2.24) is 0 Å². The first kappa shape index (κ1) is 12.6. The molecule has 18 heavy (non-hydrogen) atoms. The topological polar surface area (TPSA) is 29.1 Å². The van der Waals surface area contributed by atoms with E-state index in [2.05, 4.69) is 5.32 Å². The molecule has 1 N–H and O–H groups in total. The van der Waals surface area contributed by atoms with E-state index in [0.29, 0.717) is 21.8 Å². The standard InChI is InChI=1S/C14H11ClFNO/c1-9-5-6-12(8-13(9)16)17-14(18)10-3-2-4-11(15)7-10/h2-8H,1H3,(H,17,18). The summed E-state index contributed by atoms with van der Waals surface area (Å²) in [6.07, 6.45) is 0. The van der Waals surface area contributed by atoms with E-state index in [1.807, 2.05) is 0 Å². The van der Waals surface area contributed by atoms with Gasteiger partial charge < -0.3 is 5.32 Å². The number of aryl methyl sites for hydroxylation is 1. The number of carbonyl (C=O) groups is 1. The van der Waals surface area contributed by atoms with Gasteiger partial charge in [0, 0.05) is 16.3 Å². The highest BCUT2D eigenvalue weighted by Gasteiger charge is 2.07. The highest BCUT2D eigenvalue weighted by Crippen LogP contribution is 2.16. The summed E-state index contributed by atoms with van der Waals surface area (Å²) in [5.74, 6) is -0.667. The van der Waals surface area contributed by atoms with Crippen LogP contribution >= 0.6 is 11.6 Å². The fourth-order valence-electron chi connectivity index (χ4n) is 1.50. The number of benzene rings is 2. The molecule has 0 bridgehead atoms. The van der Waals surface area contributed by atoms with E-state index in [-0.39, 0.29) is 11.7 Å². The zero-order chi connectivity index (χ0) is 13.1. The number of anilines is 1. The minimum absolute atomic E-state index is 0.319. The maximum absolute atomic E-state index is 13.3. The van der Waals surface area contributed by atoms with Gasteiger partial charge in [-0.05, 0) is 42.8 Å².